The van der Waals surface area contributed by atoms with Crippen LogP contribution in [-0.4, -0.2) is 37.1 Å². The van der Waals surface area contributed by atoms with Crippen LogP contribution >= 0.6 is 0 Å². The Bertz CT molecular complexity index is 1390. The quantitative estimate of drug-likeness (QED) is 0.0592. The molecule has 4 aliphatic rings. The maximum absolute atomic E-state index is 13.5. The molecule has 8 heteroatoms. The average molecular weight is 777 g/mol. The van der Waals surface area contributed by atoms with Crippen LogP contribution in [0, 0.1) is 47.3 Å². The lowest BCUT2D eigenvalue weighted by molar-refractivity contribution is -0.141. The van der Waals surface area contributed by atoms with Gasteiger partial charge in [-0.15, -0.1) is 0 Å². The van der Waals surface area contributed by atoms with Gasteiger partial charge in [0, 0.05) is 6.08 Å². The summed E-state index contributed by atoms with van der Waals surface area (Å²) < 4.78 is 22.4. The summed E-state index contributed by atoms with van der Waals surface area (Å²) >= 11 is 0. The van der Waals surface area contributed by atoms with Gasteiger partial charge in [-0.25, -0.2) is 9.59 Å². The molecule has 0 atom stereocenters. The Morgan fingerprint density at radius 2 is 1.04 bits per heavy atom. The zero-order valence-corrected chi connectivity index (χ0v) is 34.8. The van der Waals surface area contributed by atoms with E-state index >= 15 is 0 Å². The van der Waals surface area contributed by atoms with Crippen LogP contribution in [0.3, 0.4) is 0 Å². The smallest absolute Gasteiger partial charge is 0.342 e. The van der Waals surface area contributed by atoms with E-state index in [1.165, 1.54) is 96.0 Å². The van der Waals surface area contributed by atoms with E-state index in [0.717, 1.165) is 81.1 Å². The fraction of sp³-hybridized carbons (Fsp3) is 0.750. The number of unbranched alkanes of at least 4 members (excludes halogenated alkanes) is 3. The molecule has 0 radical (unpaired) electrons. The molecule has 0 amide bonds. The van der Waals surface area contributed by atoms with Gasteiger partial charge < -0.3 is 18.9 Å². The molecule has 1 aromatic rings. The van der Waals surface area contributed by atoms with Crippen molar-refractivity contribution in [2.75, 3.05) is 13.2 Å². The second-order valence-electron chi connectivity index (χ2n) is 17.8. The van der Waals surface area contributed by atoms with Crippen LogP contribution in [0.5, 0.6) is 11.5 Å². The van der Waals surface area contributed by atoms with Crippen LogP contribution < -0.4 is 9.47 Å². The Labute approximate surface area is 337 Å². The Hall–Kier alpha value is -3.16. The topological polar surface area (TPSA) is 105 Å². The first-order valence-electron chi connectivity index (χ1n) is 22.8. The van der Waals surface area contributed by atoms with Gasteiger partial charge in [-0.1, -0.05) is 84.6 Å². The van der Waals surface area contributed by atoms with Gasteiger partial charge in [-0.3, -0.25) is 9.59 Å². The van der Waals surface area contributed by atoms with Crippen molar-refractivity contribution in [2.24, 2.45) is 47.3 Å². The molecule has 0 aliphatic heterocycles. The first kappa shape index (κ1) is 44.0. The zero-order valence-electron chi connectivity index (χ0n) is 34.8. The van der Waals surface area contributed by atoms with Crippen LogP contribution in [-0.2, 0) is 23.9 Å². The molecule has 0 bridgehead atoms. The third-order valence-corrected chi connectivity index (χ3v) is 14.0. The highest BCUT2D eigenvalue weighted by molar-refractivity contribution is 5.94. The van der Waals surface area contributed by atoms with Gasteiger partial charge in [0.15, 0.2) is 0 Å². The summed E-state index contributed by atoms with van der Waals surface area (Å²) in [5.41, 5.74) is 0.0634. The molecular formula is C48H72O8. The number of esters is 4. The summed E-state index contributed by atoms with van der Waals surface area (Å²) in [6, 6.07) is 4.65. The molecular weight excluding hydrogens is 705 g/mol. The molecule has 1 aromatic carbocycles. The van der Waals surface area contributed by atoms with Crippen LogP contribution in [0.25, 0.3) is 0 Å². The summed E-state index contributed by atoms with van der Waals surface area (Å²) in [5.74, 6) is 2.98. The van der Waals surface area contributed by atoms with Crippen molar-refractivity contribution in [1.82, 2.24) is 0 Å². The van der Waals surface area contributed by atoms with E-state index in [9.17, 15) is 19.2 Å². The predicted molar refractivity (Wildman–Crippen MR) is 219 cm³/mol. The van der Waals surface area contributed by atoms with Crippen molar-refractivity contribution in [3.8, 4) is 11.5 Å². The van der Waals surface area contributed by atoms with Crippen LogP contribution in [0.1, 0.15) is 178 Å². The number of hydrogen-bond acceptors (Lipinski definition) is 8. The van der Waals surface area contributed by atoms with Gasteiger partial charge in [0.05, 0.1) is 25.0 Å². The van der Waals surface area contributed by atoms with Gasteiger partial charge >= 0.3 is 23.9 Å². The Morgan fingerprint density at radius 1 is 0.589 bits per heavy atom. The van der Waals surface area contributed by atoms with Crippen molar-refractivity contribution in [3.05, 3.63) is 36.4 Å². The first-order chi connectivity index (χ1) is 27.3. The van der Waals surface area contributed by atoms with E-state index in [1.54, 1.807) is 12.1 Å². The minimum atomic E-state index is -0.656. The third kappa shape index (κ3) is 13.5. The largest absolute Gasteiger partial charge is 0.463 e. The lowest BCUT2D eigenvalue weighted by atomic mass is 9.68. The summed E-state index contributed by atoms with van der Waals surface area (Å²) in [6.07, 6.45) is 28.2. The van der Waals surface area contributed by atoms with Crippen LogP contribution in [0.2, 0.25) is 0 Å². The fourth-order valence-corrected chi connectivity index (χ4v) is 10.4. The Morgan fingerprint density at radius 3 is 1.50 bits per heavy atom. The molecule has 5 rings (SSSR count). The minimum absolute atomic E-state index is 0.0634. The van der Waals surface area contributed by atoms with Crippen molar-refractivity contribution < 1.29 is 38.1 Å². The number of ether oxygens (including phenoxy) is 4. The molecule has 56 heavy (non-hydrogen) atoms. The van der Waals surface area contributed by atoms with E-state index in [2.05, 4.69) is 20.4 Å². The number of benzene rings is 1. The third-order valence-electron chi connectivity index (χ3n) is 14.0. The molecule has 0 heterocycles. The molecule has 0 spiro atoms. The van der Waals surface area contributed by atoms with E-state index in [1.807, 2.05) is 0 Å². The minimum Gasteiger partial charge on any atom is -0.463 e. The van der Waals surface area contributed by atoms with Gasteiger partial charge in [0.25, 0.3) is 0 Å². The van der Waals surface area contributed by atoms with Gasteiger partial charge in [-0.05, 0) is 144 Å². The molecule has 4 fully saturated rings. The van der Waals surface area contributed by atoms with Crippen LogP contribution in [0.15, 0.2) is 30.9 Å². The number of rotatable bonds is 19. The van der Waals surface area contributed by atoms with Gasteiger partial charge in [0.2, 0.25) is 0 Å². The van der Waals surface area contributed by atoms with E-state index in [-0.39, 0.29) is 54.1 Å². The van der Waals surface area contributed by atoms with Gasteiger partial charge in [0.1, 0.15) is 17.1 Å². The number of carbonyl (C=O) groups excluding carboxylic acids is 4. The highest BCUT2D eigenvalue weighted by Crippen LogP contribution is 2.44. The van der Waals surface area contributed by atoms with E-state index < -0.39 is 11.9 Å². The van der Waals surface area contributed by atoms with Crippen molar-refractivity contribution in [3.63, 3.8) is 0 Å². The van der Waals surface area contributed by atoms with E-state index in [4.69, 9.17) is 18.9 Å². The van der Waals surface area contributed by atoms with Crippen LogP contribution in [0.4, 0.5) is 0 Å². The monoisotopic (exact) mass is 777 g/mol. The molecule has 8 nitrogen and oxygen atoms in total. The van der Waals surface area contributed by atoms with Crippen molar-refractivity contribution in [1.29, 1.82) is 0 Å². The molecule has 4 saturated carbocycles. The lowest BCUT2D eigenvalue weighted by Crippen LogP contribution is -2.30. The molecule has 0 saturated heterocycles. The maximum Gasteiger partial charge on any atom is 0.342 e. The number of carbonyl (C=O) groups is 4. The summed E-state index contributed by atoms with van der Waals surface area (Å²) in [6.45, 7) is 8.23. The summed E-state index contributed by atoms with van der Waals surface area (Å²) in [5, 5.41) is 0. The standard InChI is InChI=1S/C48H72O8/c1-4-7-11-34-13-17-36(18-14-34)38-21-25-40(26-22-38)46(50)55-42-29-30-44(43(33-42)48(52)54-32-10-9-31-53-45(49)6-3)56-47(51)41-27-23-39(24-28-41)37-19-15-35(16-20-37)12-8-5-2/h6,29-30,33-41H,3-5,7-28,31-32H2,1-2H3. The second kappa shape index (κ2) is 23.3. The maximum atomic E-state index is 13.5. The summed E-state index contributed by atoms with van der Waals surface area (Å²) in [4.78, 5) is 51.7. The first-order valence-corrected chi connectivity index (χ1v) is 22.8. The lowest BCUT2D eigenvalue weighted by Gasteiger charge is -2.37. The predicted octanol–water partition coefficient (Wildman–Crippen LogP) is 11.8. The highest BCUT2D eigenvalue weighted by Gasteiger charge is 2.36. The SMILES string of the molecule is C=CC(=O)OCCCCOC(=O)c1cc(OC(=O)C2CCC(C3CCC(CCCC)CC3)CC2)ccc1OC(=O)C1CCC(C2CCC(CCCC)CC2)CC1. The zero-order chi connectivity index (χ0) is 39.7. The molecule has 312 valence electrons. The molecule has 0 unspecified atom stereocenters. The highest BCUT2D eigenvalue weighted by atomic mass is 16.6. The number of hydrogen-bond donors (Lipinski definition) is 0. The van der Waals surface area contributed by atoms with Gasteiger partial charge in [-0.2, -0.15) is 0 Å². The second-order valence-corrected chi connectivity index (χ2v) is 17.8. The normalized spacial score (nSPS) is 28.1. The summed E-state index contributed by atoms with van der Waals surface area (Å²) in [7, 11) is 0. The van der Waals surface area contributed by atoms with Crippen molar-refractivity contribution in [2.45, 2.75) is 168 Å². The Balaban J connectivity index is 1.13. The Kier molecular flexibility index (Phi) is 18.3. The average Bonchev–Trinajstić information content (AvgIpc) is 3.24. The molecule has 0 N–H and O–H groups in total. The van der Waals surface area contributed by atoms with Crippen molar-refractivity contribution >= 4 is 23.9 Å². The molecule has 4 aliphatic carbocycles. The van der Waals surface area contributed by atoms with E-state index in [0.29, 0.717) is 24.7 Å². The fourth-order valence-electron chi connectivity index (χ4n) is 10.4. The molecule has 0 aromatic heterocycles.